The number of hydrogen-bond acceptors (Lipinski definition) is 5. The zero-order valence-corrected chi connectivity index (χ0v) is 16.2. The second-order valence-corrected chi connectivity index (χ2v) is 7.56. The van der Waals surface area contributed by atoms with Crippen molar-refractivity contribution < 1.29 is 9.53 Å². The number of nitriles is 1. The van der Waals surface area contributed by atoms with Gasteiger partial charge in [-0.1, -0.05) is 29.5 Å². The fourth-order valence-electron chi connectivity index (χ4n) is 2.84. The lowest BCUT2D eigenvalue weighted by atomic mass is 10.1. The highest BCUT2D eigenvalue weighted by Gasteiger charge is 2.13. The van der Waals surface area contributed by atoms with E-state index in [2.05, 4.69) is 16.3 Å². The van der Waals surface area contributed by atoms with Gasteiger partial charge in [-0.3, -0.25) is 9.69 Å². The fourth-order valence-corrected chi connectivity index (χ4v) is 3.71. The van der Waals surface area contributed by atoms with Gasteiger partial charge in [0.25, 0.3) is 5.91 Å². The number of carbonyl (C=O) groups excluding carboxylic acids is 1. The molecule has 27 heavy (non-hydrogen) atoms. The second kappa shape index (κ2) is 9.56. The highest BCUT2D eigenvalue weighted by Crippen LogP contribution is 2.31. The van der Waals surface area contributed by atoms with Crippen LogP contribution in [0.2, 0.25) is 0 Å². The Morgan fingerprint density at radius 2 is 1.96 bits per heavy atom. The molecular weight excluding hydrogens is 358 g/mol. The molecule has 1 aliphatic rings. The van der Waals surface area contributed by atoms with Crippen LogP contribution in [0.5, 0.6) is 0 Å². The molecule has 1 fully saturated rings. The number of hydrogen-bond donors (Lipinski definition) is 1. The molecule has 2 aromatic rings. The molecule has 5 nitrogen and oxygen atoms in total. The third kappa shape index (κ3) is 5.57. The molecule has 0 spiro atoms. The summed E-state index contributed by atoms with van der Waals surface area (Å²) in [7, 11) is 0. The molecule has 1 heterocycles. The van der Waals surface area contributed by atoms with Crippen LogP contribution in [0.25, 0.3) is 0 Å². The van der Waals surface area contributed by atoms with E-state index >= 15 is 0 Å². The molecule has 0 bridgehead atoms. The normalized spacial score (nSPS) is 14.5. The predicted molar refractivity (Wildman–Crippen MR) is 106 cm³/mol. The Labute approximate surface area is 164 Å². The molecule has 0 radical (unpaired) electrons. The van der Waals surface area contributed by atoms with Crippen molar-refractivity contribution in [1.82, 2.24) is 10.2 Å². The monoisotopic (exact) mass is 381 g/mol. The van der Waals surface area contributed by atoms with Gasteiger partial charge in [-0.2, -0.15) is 5.26 Å². The average molecular weight is 382 g/mol. The molecule has 0 aliphatic carbocycles. The summed E-state index contributed by atoms with van der Waals surface area (Å²) >= 11 is 1.53. The van der Waals surface area contributed by atoms with Gasteiger partial charge >= 0.3 is 0 Å². The smallest absolute Gasteiger partial charge is 0.251 e. The van der Waals surface area contributed by atoms with E-state index in [9.17, 15) is 10.1 Å². The van der Waals surface area contributed by atoms with Crippen molar-refractivity contribution in [3.8, 4) is 6.07 Å². The van der Waals surface area contributed by atoms with Gasteiger partial charge in [0.1, 0.15) is 6.07 Å². The lowest BCUT2D eigenvalue weighted by molar-refractivity contribution is 0.0383. The number of rotatable bonds is 6. The van der Waals surface area contributed by atoms with Crippen LogP contribution in [0.1, 0.15) is 21.5 Å². The summed E-state index contributed by atoms with van der Waals surface area (Å²) in [5.41, 5.74) is 2.23. The number of amides is 1. The first kappa shape index (κ1) is 19.4. The highest BCUT2D eigenvalue weighted by molar-refractivity contribution is 7.99. The molecule has 1 saturated heterocycles. The van der Waals surface area contributed by atoms with E-state index in [-0.39, 0.29) is 5.91 Å². The van der Waals surface area contributed by atoms with E-state index in [1.54, 1.807) is 12.1 Å². The van der Waals surface area contributed by atoms with Crippen molar-refractivity contribution in [3.63, 3.8) is 0 Å². The van der Waals surface area contributed by atoms with E-state index in [4.69, 9.17) is 4.74 Å². The number of aryl methyl sites for hydroxylation is 1. The first-order valence-electron chi connectivity index (χ1n) is 9.02. The van der Waals surface area contributed by atoms with Gasteiger partial charge in [-0.15, -0.1) is 0 Å². The SMILES string of the molecule is Cc1ccc(Sc2ccc(C(=O)NCCN3CCOCC3)cc2C#N)cc1. The molecule has 1 aliphatic heterocycles. The van der Waals surface area contributed by atoms with Crippen LogP contribution >= 0.6 is 11.8 Å². The van der Waals surface area contributed by atoms with E-state index < -0.39 is 0 Å². The maximum atomic E-state index is 12.4. The van der Waals surface area contributed by atoms with E-state index in [1.807, 2.05) is 37.3 Å². The van der Waals surface area contributed by atoms with Crippen LogP contribution in [0.3, 0.4) is 0 Å². The standard InChI is InChI=1S/C21H23N3O2S/c1-16-2-5-19(6-3-16)27-20-7-4-17(14-18(20)15-22)21(25)23-8-9-24-10-12-26-13-11-24/h2-7,14H,8-13H2,1H3,(H,23,25). The summed E-state index contributed by atoms with van der Waals surface area (Å²) in [5.74, 6) is -0.147. The summed E-state index contributed by atoms with van der Waals surface area (Å²) in [5, 5.41) is 12.4. The first-order chi connectivity index (χ1) is 13.2. The average Bonchev–Trinajstić information content (AvgIpc) is 2.70. The summed E-state index contributed by atoms with van der Waals surface area (Å²) in [6.07, 6.45) is 0. The summed E-state index contributed by atoms with van der Waals surface area (Å²) in [4.78, 5) is 16.6. The maximum absolute atomic E-state index is 12.4. The largest absolute Gasteiger partial charge is 0.379 e. The second-order valence-electron chi connectivity index (χ2n) is 6.45. The van der Waals surface area contributed by atoms with E-state index in [1.165, 1.54) is 17.3 Å². The van der Waals surface area contributed by atoms with Crippen molar-refractivity contribution in [2.45, 2.75) is 16.7 Å². The molecule has 0 unspecified atom stereocenters. The van der Waals surface area contributed by atoms with Gasteiger partial charge in [0.15, 0.2) is 0 Å². The van der Waals surface area contributed by atoms with Crippen molar-refractivity contribution >= 4 is 17.7 Å². The summed E-state index contributed by atoms with van der Waals surface area (Å²) in [6, 6.07) is 15.7. The Bertz CT molecular complexity index is 824. The minimum Gasteiger partial charge on any atom is -0.379 e. The van der Waals surface area contributed by atoms with E-state index in [0.717, 1.165) is 42.6 Å². The predicted octanol–water partition coefficient (Wildman–Crippen LogP) is 3.08. The van der Waals surface area contributed by atoms with Crippen molar-refractivity contribution in [1.29, 1.82) is 5.26 Å². The van der Waals surface area contributed by atoms with Crippen LogP contribution in [0, 0.1) is 18.3 Å². The molecule has 140 valence electrons. The lowest BCUT2D eigenvalue weighted by Crippen LogP contribution is -2.41. The Kier molecular flexibility index (Phi) is 6.88. The van der Waals surface area contributed by atoms with Crippen LogP contribution in [-0.2, 0) is 4.74 Å². The van der Waals surface area contributed by atoms with Gasteiger partial charge in [0.2, 0.25) is 0 Å². The number of carbonyl (C=O) groups is 1. The van der Waals surface area contributed by atoms with Crippen LogP contribution in [0.15, 0.2) is 52.3 Å². The summed E-state index contributed by atoms with van der Waals surface area (Å²) < 4.78 is 5.32. The topological polar surface area (TPSA) is 65.4 Å². The van der Waals surface area contributed by atoms with Crippen LogP contribution in [0.4, 0.5) is 0 Å². The number of ether oxygens (including phenoxy) is 1. The van der Waals surface area contributed by atoms with Crippen LogP contribution < -0.4 is 5.32 Å². The molecule has 0 saturated carbocycles. The molecule has 0 atom stereocenters. The van der Waals surface area contributed by atoms with Crippen molar-refractivity contribution in [2.24, 2.45) is 0 Å². The summed E-state index contributed by atoms with van der Waals surface area (Å²) in [6.45, 7) is 6.74. The molecule has 2 aromatic carbocycles. The maximum Gasteiger partial charge on any atom is 0.251 e. The number of morpholine rings is 1. The van der Waals surface area contributed by atoms with Gasteiger partial charge in [-0.05, 0) is 37.3 Å². The molecule has 6 heteroatoms. The quantitative estimate of drug-likeness (QED) is 0.833. The number of benzene rings is 2. The Hall–Kier alpha value is -2.33. The Morgan fingerprint density at radius 1 is 1.22 bits per heavy atom. The van der Waals surface area contributed by atoms with Gasteiger partial charge < -0.3 is 10.1 Å². The first-order valence-corrected chi connectivity index (χ1v) is 9.84. The van der Waals surface area contributed by atoms with Gasteiger partial charge in [0.05, 0.1) is 18.8 Å². The van der Waals surface area contributed by atoms with E-state index in [0.29, 0.717) is 17.7 Å². The molecule has 0 aromatic heterocycles. The molecule has 1 N–H and O–H groups in total. The van der Waals surface area contributed by atoms with Crippen molar-refractivity contribution in [2.75, 3.05) is 39.4 Å². The van der Waals surface area contributed by atoms with Crippen LogP contribution in [-0.4, -0.2) is 50.2 Å². The fraction of sp³-hybridized carbons (Fsp3) is 0.333. The third-order valence-electron chi connectivity index (χ3n) is 4.43. The zero-order chi connectivity index (χ0) is 19.1. The van der Waals surface area contributed by atoms with Gasteiger partial charge in [0, 0.05) is 41.5 Å². The Balaban J connectivity index is 1.60. The zero-order valence-electron chi connectivity index (χ0n) is 15.4. The highest BCUT2D eigenvalue weighted by atomic mass is 32.2. The third-order valence-corrected chi connectivity index (χ3v) is 5.51. The van der Waals surface area contributed by atoms with Crippen molar-refractivity contribution in [3.05, 3.63) is 59.2 Å². The Morgan fingerprint density at radius 3 is 2.67 bits per heavy atom. The van der Waals surface area contributed by atoms with Gasteiger partial charge in [-0.25, -0.2) is 0 Å². The minimum absolute atomic E-state index is 0.147. The lowest BCUT2D eigenvalue weighted by Gasteiger charge is -2.26. The number of nitrogens with one attached hydrogen (secondary N) is 1. The minimum atomic E-state index is -0.147. The number of nitrogens with zero attached hydrogens (tertiary/aromatic N) is 2. The molecular formula is C21H23N3O2S. The molecule has 3 rings (SSSR count). The molecule has 1 amide bonds.